The number of anilines is 2. The van der Waals surface area contributed by atoms with Crippen LogP contribution in [0.2, 0.25) is 0 Å². The molecule has 0 aliphatic rings. The molecule has 156 valence electrons. The third kappa shape index (κ3) is 6.60. The Labute approximate surface area is 171 Å². The highest BCUT2D eigenvalue weighted by molar-refractivity contribution is 7.92. The van der Waals surface area contributed by atoms with Crippen LogP contribution in [0.4, 0.5) is 11.4 Å². The fourth-order valence-electron chi connectivity index (χ4n) is 2.84. The number of para-hydroxylation sites is 1. The molecular weight excluding hydrogens is 392 g/mol. The molecule has 0 aliphatic heterocycles. The SMILES string of the molecule is CCOC(=O)c1ccccc1NC(=O)CCCN(c1cccc(C)c1)S(C)(=O)=O. The quantitative estimate of drug-likeness (QED) is 0.631. The Kier molecular flexibility index (Phi) is 7.78. The molecule has 0 radical (unpaired) electrons. The van der Waals surface area contributed by atoms with Crippen molar-refractivity contribution in [2.24, 2.45) is 0 Å². The second-order valence-electron chi connectivity index (χ2n) is 6.59. The van der Waals surface area contributed by atoms with Crippen molar-refractivity contribution in [1.29, 1.82) is 0 Å². The summed E-state index contributed by atoms with van der Waals surface area (Å²) in [5.74, 6) is -0.814. The lowest BCUT2D eigenvalue weighted by atomic mass is 10.1. The fraction of sp³-hybridized carbons (Fsp3) is 0.333. The minimum Gasteiger partial charge on any atom is -0.462 e. The maximum atomic E-state index is 12.3. The van der Waals surface area contributed by atoms with E-state index in [9.17, 15) is 18.0 Å². The van der Waals surface area contributed by atoms with Gasteiger partial charge in [-0.25, -0.2) is 13.2 Å². The van der Waals surface area contributed by atoms with Gasteiger partial charge in [-0.3, -0.25) is 9.10 Å². The van der Waals surface area contributed by atoms with Gasteiger partial charge in [0.2, 0.25) is 15.9 Å². The molecule has 1 amide bonds. The number of rotatable bonds is 9. The van der Waals surface area contributed by atoms with Crippen molar-refractivity contribution < 1.29 is 22.7 Å². The molecule has 29 heavy (non-hydrogen) atoms. The topological polar surface area (TPSA) is 92.8 Å². The maximum Gasteiger partial charge on any atom is 0.340 e. The highest BCUT2D eigenvalue weighted by Crippen LogP contribution is 2.20. The molecule has 0 spiro atoms. The summed E-state index contributed by atoms with van der Waals surface area (Å²) in [5, 5.41) is 2.70. The average molecular weight is 419 g/mol. The van der Waals surface area contributed by atoms with Crippen molar-refractivity contribution in [3.8, 4) is 0 Å². The minimum absolute atomic E-state index is 0.106. The summed E-state index contributed by atoms with van der Waals surface area (Å²) in [7, 11) is -3.48. The van der Waals surface area contributed by atoms with Crippen LogP contribution < -0.4 is 9.62 Å². The molecule has 2 rings (SSSR count). The van der Waals surface area contributed by atoms with E-state index in [1.807, 2.05) is 13.0 Å². The van der Waals surface area contributed by atoms with Gasteiger partial charge in [0.25, 0.3) is 0 Å². The van der Waals surface area contributed by atoms with E-state index in [1.54, 1.807) is 49.4 Å². The predicted molar refractivity (Wildman–Crippen MR) is 114 cm³/mol. The number of amides is 1. The lowest BCUT2D eigenvalue weighted by Crippen LogP contribution is -2.31. The second kappa shape index (κ2) is 10.1. The van der Waals surface area contributed by atoms with E-state index in [1.165, 1.54) is 4.31 Å². The third-order valence-corrected chi connectivity index (χ3v) is 5.35. The lowest BCUT2D eigenvalue weighted by molar-refractivity contribution is -0.116. The van der Waals surface area contributed by atoms with E-state index in [4.69, 9.17) is 4.74 Å². The largest absolute Gasteiger partial charge is 0.462 e. The number of carbonyl (C=O) groups excluding carboxylic acids is 2. The molecule has 0 saturated carbocycles. The molecular formula is C21H26N2O5S. The van der Waals surface area contributed by atoms with Crippen LogP contribution in [-0.4, -0.2) is 39.7 Å². The van der Waals surface area contributed by atoms with Gasteiger partial charge in [0, 0.05) is 13.0 Å². The molecule has 2 aromatic rings. The molecule has 0 heterocycles. The number of hydrogen-bond acceptors (Lipinski definition) is 5. The Hall–Kier alpha value is -2.87. The standard InChI is InChI=1S/C21H26N2O5S/c1-4-28-21(25)18-11-5-6-12-19(18)22-20(24)13-8-14-23(29(3,26)27)17-10-7-9-16(2)15-17/h5-7,9-12,15H,4,8,13-14H2,1-3H3,(H,22,24). The number of hydrogen-bond donors (Lipinski definition) is 1. The first-order valence-electron chi connectivity index (χ1n) is 9.32. The first kappa shape index (κ1) is 22.4. The van der Waals surface area contributed by atoms with Crippen LogP contribution in [0.3, 0.4) is 0 Å². The van der Waals surface area contributed by atoms with Crippen molar-refractivity contribution in [1.82, 2.24) is 0 Å². The van der Waals surface area contributed by atoms with E-state index in [0.29, 0.717) is 17.8 Å². The Morgan fingerprint density at radius 3 is 2.48 bits per heavy atom. The molecule has 0 atom stereocenters. The molecule has 2 aromatic carbocycles. The van der Waals surface area contributed by atoms with Crippen molar-refractivity contribution in [3.63, 3.8) is 0 Å². The molecule has 8 heteroatoms. The second-order valence-corrected chi connectivity index (χ2v) is 8.50. The highest BCUT2D eigenvalue weighted by Gasteiger charge is 2.18. The minimum atomic E-state index is -3.48. The smallest absolute Gasteiger partial charge is 0.340 e. The summed E-state index contributed by atoms with van der Waals surface area (Å²) in [5.41, 5.74) is 2.17. The maximum absolute atomic E-state index is 12.3. The average Bonchev–Trinajstić information content (AvgIpc) is 2.65. The molecule has 1 N–H and O–H groups in total. The van der Waals surface area contributed by atoms with E-state index >= 15 is 0 Å². The first-order valence-corrected chi connectivity index (χ1v) is 11.2. The van der Waals surface area contributed by atoms with Gasteiger partial charge in [-0.2, -0.15) is 0 Å². The Morgan fingerprint density at radius 2 is 1.83 bits per heavy atom. The van der Waals surface area contributed by atoms with Crippen LogP contribution in [0.5, 0.6) is 0 Å². The van der Waals surface area contributed by atoms with E-state index in [-0.39, 0.29) is 31.0 Å². The van der Waals surface area contributed by atoms with Gasteiger partial charge in [0.15, 0.2) is 0 Å². The zero-order valence-electron chi connectivity index (χ0n) is 16.8. The molecule has 0 aliphatic carbocycles. The van der Waals surface area contributed by atoms with E-state index in [2.05, 4.69) is 5.32 Å². The van der Waals surface area contributed by atoms with E-state index < -0.39 is 16.0 Å². The number of aryl methyl sites for hydroxylation is 1. The number of carbonyl (C=O) groups is 2. The van der Waals surface area contributed by atoms with Crippen molar-refractivity contribution in [2.75, 3.05) is 29.0 Å². The van der Waals surface area contributed by atoms with Gasteiger partial charge in [0.05, 0.1) is 29.8 Å². The fourth-order valence-corrected chi connectivity index (χ4v) is 3.80. The first-order chi connectivity index (χ1) is 13.7. The number of benzene rings is 2. The Balaban J connectivity index is 2.01. The molecule has 0 fully saturated rings. The molecule has 0 saturated heterocycles. The monoisotopic (exact) mass is 418 g/mol. The third-order valence-electron chi connectivity index (χ3n) is 4.15. The van der Waals surface area contributed by atoms with Crippen molar-refractivity contribution in [2.45, 2.75) is 26.7 Å². The zero-order chi connectivity index (χ0) is 21.4. The van der Waals surface area contributed by atoms with Crippen LogP contribution >= 0.6 is 0 Å². The molecule has 7 nitrogen and oxygen atoms in total. The highest BCUT2D eigenvalue weighted by atomic mass is 32.2. The molecule has 0 unspecified atom stereocenters. The van der Waals surface area contributed by atoms with Gasteiger partial charge in [-0.05, 0) is 50.1 Å². The van der Waals surface area contributed by atoms with Gasteiger partial charge < -0.3 is 10.1 Å². The molecule has 0 bridgehead atoms. The number of sulfonamides is 1. The van der Waals surface area contributed by atoms with Crippen molar-refractivity contribution >= 4 is 33.3 Å². The lowest BCUT2D eigenvalue weighted by Gasteiger charge is -2.22. The summed E-state index contributed by atoms with van der Waals surface area (Å²) in [6.45, 7) is 4.01. The number of nitrogens with one attached hydrogen (secondary N) is 1. The summed E-state index contributed by atoms with van der Waals surface area (Å²) in [6.07, 6.45) is 1.58. The Morgan fingerprint density at radius 1 is 1.10 bits per heavy atom. The van der Waals surface area contributed by atoms with E-state index in [0.717, 1.165) is 11.8 Å². The van der Waals surface area contributed by atoms with Crippen LogP contribution in [0.15, 0.2) is 48.5 Å². The van der Waals surface area contributed by atoms with Crippen LogP contribution in [0.25, 0.3) is 0 Å². The van der Waals surface area contributed by atoms with Crippen LogP contribution in [-0.2, 0) is 19.6 Å². The summed E-state index contributed by atoms with van der Waals surface area (Å²) >= 11 is 0. The summed E-state index contributed by atoms with van der Waals surface area (Å²) in [4.78, 5) is 24.3. The van der Waals surface area contributed by atoms with Crippen LogP contribution in [0, 0.1) is 6.92 Å². The Bertz CT molecular complexity index is 973. The molecule has 0 aromatic heterocycles. The number of nitrogens with zero attached hydrogens (tertiary/aromatic N) is 1. The summed E-state index contributed by atoms with van der Waals surface area (Å²) < 4.78 is 30.6. The summed E-state index contributed by atoms with van der Waals surface area (Å²) in [6, 6.07) is 13.8. The van der Waals surface area contributed by atoms with Gasteiger partial charge in [0.1, 0.15) is 0 Å². The van der Waals surface area contributed by atoms with Gasteiger partial charge >= 0.3 is 5.97 Å². The van der Waals surface area contributed by atoms with Crippen molar-refractivity contribution in [3.05, 3.63) is 59.7 Å². The normalized spacial score (nSPS) is 11.0. The van der Waals surface area contributed by atoms with Gasteiger partial charge in [-0.1, -0.05) is 24.3 Å². The number of ether oxygens (including phenoxy) is 1. The van der Waals surface area contributed by atoms with Gasteiger partial charge in [-0.15, -0.1) is 0 Å². The van der Waals surface area contributed by atoms with Crippen LogP contribution in [0.1, 0.15) is 35.7 Å². The number of esters is 1. The predicted octanol–water partition coefficient (Wildman–Crippen LogP) is 3.36. The zero-order valence-corrected chi connectivity index (χ0v) is 17.7.